The van der Waals surface area contributed by atoms with Crippen LogP contribution in [-0.2, 0) is 0 Å². The molecule has 0 spiro atoms. The highest BCUT2D eigenvalue weighted by Crippen LogP contribution is 2.18. The second-order valence-corrected chi connectivity index (χ2v) is 4.73. The van der Waals surface area contributed by atoms with Crippen LogP contribution in [0.25, 0.3) is 0 Å². The summed E-state index contributed by atoms with van der Waals surface area (Å²) < 4.78 is 0. The molecular weight excluding hydrogens is 236 g/mol. The third-order valence-electron chi connectivity index (χ3n) is 2.29. The summed E-state index contributed by atoms with van der Waals surface area (Å²) in [7, 11) is 0. The summed E-state index contributed by atoms with van der Waals surface area (Å²) in [5.74, 6) is -0.196. The van der Waals surface area contributed by atoms with E-state index in [2.05, 4.69) is 15.5 Å². The van der Waals surface area contributed by atoms with Gasteiger partial charge in [-0.3, -0.25) is 10.1 Å². The first-order valence-corrected chi connectivity index (χ1v) is 5.85. The average Bonchev–Trinajstić information content (AvgIpc) is 2.63. The SMILES string of the molecule is Cc1ccc(C(=O)Nc2nnc(N)s2)c(C)c1. The minimum Gasteiger partial charge on any atom is -0.374 e. The van der Waals surface area contributed by atoms with Gasteiger partial charge in [-0.05, 0) is 25.5 Å². The number of aromatic nitrogens is 2. The Balaban J connectivity index is 2.20. The van der Waals surface area contributed by atoms with Crippen molar-refractivity contribution < 1.29 is 4.79 Å². The Morgan fingerprint density at radius 2 is 2.12 bits per heavy atom. The predicted octanol–water partition coefficient (Wildman–Crippen LogP) is 1.99. The highest BCUT2D eigenvalue weighted by molar-refractivity contribution is 7.19. The van der Waals surface area contributed by atoms with E-state index in [1.54, 1.807) is 6.07 Å². The molecule has 2 aromatic rings. The predicted molar refractivity (Wildman–Crippen MR) is 68.2 cm³/mol. The first kappa shape index (κ1) is 11.5. The van der Waals surface area contributed by atoms with Crippen molar-refractivity contribution >= 4 is 27.5 Å². The van der Waals surface area contributed by atoms with Gasteiger partial charge >= 0.3 is 0 Å². The molecule has 0 unspecified atom stereocenters. The van der Waals surface area contributed by atoms with E-state index in [-0.39, 0.29) is 5.91 Å². The van der Waals surface area contributed by atoms with E-state index >= 15 is 0 Å². The Morgan fingerprint density at radius 1 is 1.35 bits per heavy atom. The number of nitrogens with one attached hydrogen (secondary N) is 1. The maximum atomic E-state index is 11.9. The summed E-state index contributed by atoms with van der Waals surface area (Å²) >= 11 is 1.14. The maximum absolute atomic E-state index is 11.9. The number of rotatable bonds is 2. The number of nitrogen functional groups attached to an aromatic ring is 1. The lowest BCUT2D eigenvalue weighted by molar-refractivity contribution is 0.102. The number of nitrogens with two attached hydrogens (primary N) is 1. The minimum absolute atomic E-state index is 0.196. The number of hydrogen-bond donors (Lipinski definition) is 2. The van der Waals surface area contributed by atoms with Crippen molar-refractivity contribution in [2.45, 2.75) is 13.8 Å². The van der Waals surface area contributed by atoms with Crippen molar-refractivity contribution in [3.63, 3.8) is 0 Å². The Kier molecular flexibility index (Phi) is 3.06. The third-order valence-corrected chi connectivity index (χ3v) is 2.96. The van der Waals surface area contributed by atoms with E-state index in [0.29, 0.717) is 15.8 Å². The second-order valence-electron chi connectivity index (χ2n) is 3.72. The number of hydrogen-bond acceptors (Lipinski definition) is 5. The first-order chi connectivity index (χ1) is 8.06. The van der Waals surface area contributed by atoms with Gasteiger partial charge in [0.15, 0.2) is 0 Å². The van der Waals surface area contributed by atoms with Crippen molar-refractivity contribution in [2.75, 3.05) is 11.1 Å². The van der Waals surface area contributed by atoms with E-state index in [9.17, 15) is 4.79 Å². The lowest BCUT2D eigenvalue weighted by Gasteiger charge is -2.05. The van der Waals surface area contributed by atoms with Crippen LogP contribution in [0.15, 0.2) is 18.2 Å². The molecule has 1 aromatic heterocycles. The van der Waals surface area contributed by atoms with Crippen LogP contribution in [0.4, 0.5) is 10.3 Å². The van der Waals surface area contributed by atoms with Gasteiger partial charge < -0.3 is 5.73 Å². The lowest BCUT2D eigenvalue weighted by atomic mass is 10.1. The van der Waals surface area contributed by atoms with E-state index in [1.807, 2.05) is 26.0 Å². The molecule has 1 heterocycles. The van der Waals surface area contributed by atoms with E-state index in [4.69, 9.17) is 5.73 Å². The van der Waals surface area contributed by atoms with Crippen LogP contribution in [0.5, 0.6) is 0 Å². The molecule has 0 radical (unpaired) electrons. The quantitative estimate of drug-likeness (QED) is 0.851. The van der Waals surface area contributed by atoms with Gasteiger partial charge in [0.25, 0.3) is 5.91 Å². The average molecular weight is 248 g/mol. The fraction of sp³-hybridized carbons (Fsp3) is 0.182. The molecule has 3 N–H and O–H groups in total. The summed E-state index contributed by atoms with van der Waals surface area (Å²) in [6.45, 7) is 3.89. The topological polar surface area (TPSA) is 80.9 Å². The van der Waals surface area contributed by atoms with Crippen molar-refractivity contribution in [1.29, 1.82) is 0 Å². The van der Waals surface area contributed by atoms with Crippen molar-refractivity contribution in [1.82, 2.24) is 10.2 Å². The fourth-order valence-corrected chi connectivity index (χ4v) is 2.02. The normalized spacial score (nSPS) is 10.2. The molecule has 0 bridgehead atoms. The first-order valence-electron chi connectivity index (χ1n) is 5.04. The number of amides is 1. The van der Waals surface area contributed by atoms with Gasteiger partial charge in [0.05, 0.1) is 0 Å². The summed E-state index contributed by atoms with van der Waals surface area (Å²) in [5.41, 5.74) is 8.12. The van der Waals surface area contributed by atoms with Crippen molar-refractivity contribution in [3.05, 3.63) is 34.9 Å². The van der Waals surface area contributed by atoms with Gasteiger partial charge in [0.1, 0.15) is 0 Å². The van der Waals surface area contributed by atoms with Crippen molar-refractivity contribution in [3.8, 4) is 0 Å². The number of carbonyl (C=O) groups excluding carboxylic acids is 1. The van der Waals surface area contributed by atoms with Crippen molar-refractivity contribution in [2.24, 2.45) is 0 Å². The fourth-order valence-electron chi connectivity index (χ4n) is 1.52. The Hall–Kier alpha value is -1.95. The molecule has 0 aliphatic carbocycles. The van der Waals surface area contributed by atoms with Gasteiger partial charge in [0.2, 0.25) is 10.3 Å². The van der Waals surface area contributed by atoms with Gasteiger partial charge in [-0.2, -0.15) is 0 Å². The number of benzene rings is 1. The molecule has 0 aliphatic heterocycles. The van der Waals surface area contributed by atoms with Crippen LogP contribution in [0.2, 0.25) is 0 Å². The second kappa shape index (κ2) is 4.50. The smallest absolute Gasteiger partial charge is 0.257 e. The lowest BCUT2D eigenvalue weighted by Crippen LogP contribution is -2.13. The van der Waals surface area contributed by atoms with Crippen LogP contribution in [0, 0.1) is 13.8 Å². The van der Waals surface area contributed by atoms with Crippen LogP contribution in [0.1, 0.15) is 21.5 Å². The highest BCUT2D eigenvalue weighted by atomic mass is 32.1. The summed E-state index contributed by atoms with van der Waals surface area (Å²) in [6.07, 6.45) is 0. The molecule has 5 nitrogen and oxygen atoms in total. The van der Waals surface area contributed by atoms with E-state index in [0.717, 1.165) is 22.5 Å². The zero-order chi connectivity index (χ0) is 12.4. The van der Waals surface area contributed by atoms with Crippen LogP contribution >= 0.6 is 11.3 Å². The molecule has 17 heavy (non-hydrogen) atoms. The molecule has 2 rings (SSSR count). The molecule has 6 heteroatoms. The zero-order valence-corrected chi connectivity index (χ0v) is 10.3. The molecular formula is C11H12N4OS. The standard InChI is InChI=1S/C11H12N4OS/c1-6-3-4-8(7(2)5-6)9(16)13-11-15-14-10(12)17-11/h3-5H,1-2H3,(H2,12,14)(H,13,15,16). The van der Waals surface area contributed by atoms with Gasteiger partial charge in [0, 0.05) is 5.56 Å². The number of nitrogens with zero attached hydrogens (tertiary/aromatic N) is 2. The van der Waals surface area contributed by atoms with Crippen LogP contribution < -0.4 is 11.1 Å². The van der Waals surface area contributed by atoms with Gasteiger partial charge in [-0.1, -0.05) is 29.0 Å². The van der Waals surface area contributed by atoms with Crippen LogP contribution in [-0.4, -0.2) is 16.1 Å². The molecule has 88 valence electrons. The van der Waals surface area contributed by atoms with Crippen LogP contribution in [0.3, 0.4) is 0 Å². The maximum Gasteiger partial charge on any atom is 0.257 e. The van der Waals surface area contributed by atoms with Gasteiger partial charge in [-0.15, -0.1) is 10.2 Å². The number of anilines is 2. The largest absolute Gasteiger partial charge is 0.374 e. The number of aryl methyl sites for hydroxylation is 2. The Bertz CT molecular complexity index is 564. The number of carbonyl (C=O) groups is 1. The highest BCUT2D eigenvalue weighted by Gasteiger charge is 2.11. The minimum atomic E-state index is -0.196. The molecule has 1 aromatic carbocycles. The molecule has 1 amide bonds. The molecule has 0 fully saturated rings. The monoisotopic (exact) mass is 248 g/mol. The van der Waals surface area contributed by atoms with Gasteiger partial charge in [-0.25, -0.2) is 0 Å². The summed E-state index contributed by atoms with van der Waals surface area (Å²) in [6, 6.07) is 5.66. The third kappa shape index (κ3) is 2.59. The zero-order valence-electron chi connectivity index (χ0n) is 9.52. The Labute approximate surface area is 103 Å². The van der Waals surface area contributed by atoms with E-state index < -0.39 is 0 Å². The molecule has 0 atom stereocenters. The summed E-state index contributed by atoms with van der Waals surface area (Å²) in [4.78, 5) is 11.9. The molecule has 0 aliphatic rings. The summed E-state index contributed by atoms with van der Waals surface area (Å²) in [5, 5.41) is 10.8. The Morgan fingerprint density at radius 3 is 2.71 bits per heavy atom. The molecule has 0 saturated carbocycles. The molecule has 0 saturated heterocycles. The van der Waals surface area contributed by atoms with E-state index in [1.165, 1.54) is 0 Å².